The average Bonchev–Trinajstić information content (AvgIpc) is 3.02. The highest BCUT2D eigenvalue weighted by Gasteiger charge is 2.16. The molecule has 0 heterocycles. The van der Waals surface area contributed by atoms with E-state index in [4.69, 9.17) is 0 Å². The van der Waals surface area contributed by atoms with E-state index in [1.54, 1.807) is 6.07 Å². The van der Waals surface area contributed by atoms with Crippen LogP contribution in [0.4, 0.5) is 0 Å². The second kappa shape index (κ2) is 4.35. The van der Waals surface area contributed by atoms with Gasteiger partial charge >= 0.3 is 0 Å². The number of hydrogen-bond acceptors (Lipinski definition) is 1. The van der Waals surface area contributed by atoms with Crippen molar-refractivity contribution in [1.82, 2.24) is 0 Å². The van der Waals surface area contributed by atoms with E-state index in [1.807, 2.05) is 31.2 Å². The molecule has 1 aliphatic rings. The van der Waals surface area contributed by atoms with Gasteiger partial charge < -0.3 is 5.11 Å². The van der Waals surface area contributed by atoms with Gasteiger partial charge in [-0.15, -0.1) is 0 Å². The summed E-state index contributed by atoms with van der Waals surface area (Å²) in [6.07, 6.45) is 11.1. The number of allylic oxidation sites excluding steroid dienone is 3. The van der Waals surface area contributed by atoms with Crippen LogP contribution in [0.15, 0.2) is 36.4 Å². The summed E-state index contributed by atoms with van der Waals surface area (Å²) in [5.74, 6) is 1.18. The molecule has 1 aliphatic carbocycles. The molecule has 78 valence electrons. The Balaban J connectivity index is 1.99. The van der Waals surface area contributed by atoms with Crippen LogP contribution in [-0.4, -0.2) is 5.11 Å². The third-order valence-corrected chi connectivity index (χ3v) is 2.64. The minimum Gasteiger partial charge on any atom is -0.508 e. The van der Waals surface area contributed by atoms with Crippen molar-refractivity contribution in [3.8, 4) is 5.75 Å². The fraction of sp³-hybridized carbons (Fsp3) is 0.286. The van der Waals surface area contributed by atoms with E-state index < -0.39 is 0 Å². The Morgan fingerprint density at radius 2 is 2.07 bits per heavy atom. The molecule has 2 rings (SSSR count). The molecule has 1 nitrogen and oxygen atoms in total. The zero-order valence-corrected chi connectivity index (χ0v) is 8.98. The van der Waals surface area contributed by atoms with E-state index in [0.717, 1.165) is 17.0 Å². The molecule has 0 spiro atoms. The van der Waals surface area contributed by atoms with Gasteiger partial charge in [0.2, 0.25) is 0 Å². The minimum absolute atomic E-state index is 0.364. The number of hydrogen-bond donors (Lipinski definition) is 1. The van der Waals surface area contributed by atoms with Crippen molar-refractivity contribution in [3.05, 3.63) is 47.6 Å². The third kappa shape index (κ3) is 2.98. The molecule has 15 heavy (non-hydrogen) atoms. The number of aryl methyl sites for hydroxylation is 1. The summed E-state index contributed by atoms with van der Waals surface area (Å²) < 4.78 is 0. The first-order valence-electron chi connectivity index (χ1n) is 5.40. The van der Waals surface area contributed by atoms with Crippen molar-refractivity contribution in [2.45, 2.75) is 19.8 Å². The number of benzene rings is 1. The van der Waals surface area contributed by atoms with Crippen molar-refractivity contribution in [1.29, 1.82) is 0 Å². The van der Waals surface area contributed by atoms with Crippen LogP contribution in [0.5, 0.6) is 5.75 Å². The van der Waals surface area contributed by atoms with Crippen LogP contribution in [-0.2, 0) is 0 Å². The number of phenolic OH excluding ortho intramolecular Hbond substituents is 1. The normalized spacial score (nSPS) is 16.6. The predicted octanol–water partition coefficient (Wildman–Crippen LogP) is 3.68. The first kappa shape index (κ1) is 10.0. The minimum atomic E-state index is 0.364. The molecule has 0 amide bonds. The second-order valence-electron chi connectivity index (χ2n) is 4.13. The molecule has 1 fully saturated rings. The Morgan fingerprint density at radius 3 is 2.73 bits per heavy atom. The van der Waals surface area contributed by atoms with Gasteiger partial charge in [0.1, 0.15) is 5.75 Å². The van der Waals surface area contributed by atoms with Crippen LogP contribution in [0.3, 0.4) is 0 Å². The Bertz CT molecular complexity index is 398. The average molecular weight is 200 g/mol. The Kier molecular flexibility index (Phi) is 2.91. The number of aromatic hydroxyl groups is 1. The van der Waals surface area contributed by atoms with E-state index in [2.05, 4.69) is 12.2 Å². The Labute approximate surface area is 90.8 Å². The highest BCUT2D eigenvalue weighted by atomic mass is 16.3. The molecule has 1 aromatic carbocycles. The molecule has 0 saturated heterocycles. The SMILES string of the molecule is Cc1ccc(/C=C/C=C/C2CC2)cc1O. The van der Waals surface area contributed by atoms with E-state index in [9.17, 15) is 5.11 Å². The van der Waals surface area contributed by atoms with E-state index >= 15 is 0 Å². The van der Waals surface area contributed by atoms with Crippen LogP contribution in [0, 0.1) is 12.8 Å². The molecule has 1 aromatic rings. The highest BCUT2D eigenvalue weighted by Crippen LogP contribution is 2.30. The first-order chi connectivity index (χ1) is 7.25. The monoisotopic (exact) mass is 200 g/mol. The molecule has 1 N–H and O–H groups in total. The molecule has 0 aliphatic heterocycles. The summed E-state index contributed by atoms with van der Waals surface area (Å²) >= 11 is 0. The maximum atomic E-state index is 9.50. The lowest BCUT2D eigenvalue weighted by Gasteiger charge is -1.98. The molecule has 1 saturated carbocycles. The predicted molar refractivity (Wildman–Crippen MR) is 63.7 cm³/mol. The van der Waals surface area contributed by atoms with Gasteiger partial charge in [-0.25, -0.2) is 0 Å². The van der Waals surface area contributed by atoms with Gasteiger partial charge in [0.05, 0.1) is 0 Å². The summed E-state index contributed by atoms with van der Waals surface area (Å²) in [4.78, 5) is 0. The Hall–Kier alpha value is -1.50. The lowest BCUT2D eigenvalue weighted by molar-refractivity contribution is 0.471. The van der Waals surface area contributed by atoms with Gasteiger partial charge in [-0.2, -0.15) is 0 Å². The number of rotatable bonds is 3. The fourth-order valence-corrected chi connectivity index (χ4v) is 1.41. The molecule has 0 atom stereocenters. The van der Waals surface area contributed by atoms with E-state index in [0.29, 0.717) is 5.75 Å². The van der Waals surface area contributed by atoms with Gasteiger partial charge in [0.25, 0.3) is 0 Å². The molecule has 0 bridgehead atoms. The van der Waals surface area contributed by atoms with Gasteiger partial charge in [-0.05, 0) is 42.9 Å². The maximum absolute atomic E-state index is 9.50. The molecule has 0 radical (unpaired) electrons. The summed E-state index contributed by atoms with van der Waals surface area (Å²) in [5.41, 5.74) is 1.96. The molecular formula is C14H16O. The van der Waals surface area contributed by atoms with Crippen LogP contribution >= 0.6 is 0 Å². The summed E-state index contributed by atoms with van der Waals surface area (Å²) in [6.45, 7) is 1.90. The maximum Gasteiger partial charge on any atom is 0.119 e. The first-order valence-corrected chi connectivity index (χ1v) is 5.40. The highest BCUT2D eigenvalue weighted by molar-refractivity contribution is 5.54. The van der Waals surface area contributed by atoms with Gasteiger partial charge in [-0.1, -0.05) is 36.4 Å². The lowest BCUT2D eigenvalue weighted by atomic mass is 10.1. The van der Waals surface area contributed by atoms with Crippen molar-refractivity contribution in [2.24, 2.45) is 5.92 Å². The summed E-state index contributed by atoms with van der Waals surface area (Å²) in [7, 11) is 0. The van der Waals surface area contributed by atoms with Crippen LogP contribution < -0.4 is 0 Å². The summed E-state index contributed by atoms with van der Waals surface area (Å²) in [6, 6.07) is 5.73. The molecule has 0 aromatic heterocycles. The topological polar surface area (TPSA) is 20.2 Å². The standard InChI is InChI=1S/C14H16O/c1-11-6-7-13(10-14(11)15)5-3-2-4-12-8-9-12/h2-7,10,12,15H,8-9H2,1H3/b4-2+,5-3+. The van der Waals surface area contributed by atoms with Crippen LogP contribution in [0.1, 0.15) is 24.0 Å². The zero-order chi connectivity index (χ0) is 10.7. The van der Waals surface area contributed by atoms with Gasteiger partial charge in [0.15, 0.2) is 0 Å². The fourth-order valence-electron chi connectivity index (χ4n) is 1.41. The zero-order valence-electron chi connectivity index (χ0n) is 8.98. The van der Waals surface area contributed by atoms with Crippen LogP contribution in [0.2, 0.25) is 0 Å². The second-order valence-corrected chi connectivity index (χ2v) is 4.13. The lowest BCUT2D eigenvalue weighted by Crippen LogP contribution is -1.76. The van der Waals surface area contributed by atoms with Gasteiger partial charge in [-0.3, -0.25) is 0 Å². The largest absolute Gasteiger partial charge is 0.508 e. The molecular weight excluding hydrogens is 184 g/mol. The molecule has 0 unspecified atom stereocenters. The van der Waals surface area contributed by atoms with E-state index in [1.165, 1.54) is 12.8 Å². The van der Waals surface area contributed by atoms with Crippen LogP contribution in [0.25, 0.3) is 6.08 Å². The number of phenols is 1. The molecule has 1 heteroatoms. The Morgan fingerprint density at radius 1 is 1.27 bits per heavy atom. The van der Waals surface area contributed by atoms with Crippen molar-refractivity contribution >= 4 is 6.08 Å². The van der Waals surface area contributed by atoms with Crippen molar-refractivity contribution in [2.75, 3.05) is 0 Å². The van der Waals surface area contributed by atoms with Crippen molar-refractivity contribution in [3.63, 3.8) is 0 Å². The van der Waals surface area contributed by atoms with Crippen molar-refractivity contribution < 1.29 is 5.11 Å². The van der Waals surface area contributed by atoms with E-state index in [-0.39, 0.29) is 0 Å². The summed E-state index contributed by atoms with van der Waals surface area (Å²) in [5, 5.41) is 9.50. The van der Waals surface area contributed by atoms with Gasteiger partial charge in [0, 0.05) is 0 Å². The third-order valence-electron chi connectivity index (χ3n) is 2.64. The quantitative estimate of drug-likeness (QED) is 0.738. The smallest absolute Gasteiger partial charge is 0.119 e.